The Balaban J connectivity index is 3.00. The van der Waals surface area contributed by atoms with E-state index in [9.17, 15) is 4.79 Å². The number of carbonyl (C=O) groups is 1. The third-order valence-electron chi connectivity index (χ3n) is 2.17. The molecule has 1 rings (SSSR count). The molecule has 4 heteroatoms. The first-order chi connectivity index (χ1) is 7.08. The smallest absolute Gasteiger partial charge is 0.309 e. The van der Waals surface area contributed by atoms with E-state index < -0.39 is 0 Å². The summed E-state index contributed by atoms with van der Waals surface area (Å²) in [4.78, 5) is 11.1. The minimum atomic E-state index is -0.278. The van der Waals surface area contributed by atoms with Gasteiger partial charge in [-0.2, -0.15) is 0 Å². The zero-order valence-electron chi connectivity index (χ0n) is 8.96. The van der Waals surface area contributed by atoms with Crippen molar-refractivity contribution in [3.05, 3.63) is 28.3 Å². The molecule has 82 valence electrons. The zero-order chi connectivity index (χ0) is 11.4. The predicted octanol–water partition coefficient (Wildman–Crippen LogP) is 2.37. The van der Waals surface area contributed by atoms with Crippen LogP contribution in [0, 0.1) is 6.92 Å². The van der Waals surface area contributed by atoms with E-state index in [1.54, 1.807) is 19.2 Å². The van der Waals surface area contributed by atoms with Gasteiger partial charge in [-0.15, -0.1) is 0 Å². The van der Waals surface area contributed by atoms with E-state index in [0.29, 0.717) is 10.8 Å². The van der Waals surface area contributed by atoms with Gasteiger partial charge in [0.1, 0.15) is 5.75 Å². The number of esters is 1. The third-order valence-corrected chi connectivity index (χ3v) is 2.47. The van der Waals surface area contributed by atoms with Gasteiger partial charge in [-0.3, -0.25) is 4.79 Å². The number of halogens is 1. The number of ether oxygens (including phenoxy) is 2. The van der Waals surface area contributed by atoms with Crippen LogP contribution in [0.4, 0.5) is 0 Å². The van der Waals surface area contributed by atoms with E-state index in [1.807, 2.05) is 6.92 Å². The minimum Gasteiger partial charge on any atom is -0.495 e. The van der Waals surface area contributed by atoms with Crippen molar-refractivity contribution in [3.8, 4) is 5.75 Å². The predicted molar refractivity (Wildman–Crippen MR) is 58.5 cm³/mol. The second kappa shape index (κ2) is 5.03. The van der Waals surface area contributed by atoms with E-state index in [-0.39, 0.29) is 12.4 Å². The highest BCUT2D eigenvalue weighted by molar-refractivity contribution is 6.32. The summed E-state index contributed by atoms with van der Waals surface area (Å²) in [5.41, 5.74) is 1.81. The lowest BCUT2D eigenvalue weighted by atomic mass is 10.1. The van der Waals surface area contributed by atoms with Crippen molar-refractivity contribution >= 4 is 17.6 Å². The van der Waals surface area contributed by atoms with Crippen molar-refractivity contribution in [2.45, 2.75) is 13.3 Å². The third kappa shape index (κ3) is 2.86. The highest BCUT2D eigenvalue weighted by atomic mass is 35.5. The van der Waals surface area contributed by atoms with Crippen LogP contribution in [0.1, 0.15) is 11.1 Å². The summed E-state index contributed by atoms with van der Waals surface area (Å²) in [6.07, 6.45) is 0.228. The first-order valence-corrected chi connectivity index (χ1v) is 4.86. The highest BCUT2D eigenvalue weighted by Crippen LogP contribution is 2.28. The largest absolute Gasteiger partial charge is 0.495 e. The van der Waals surface area contributed by atoms with E-state index in [0.717, 1.165) is 11.1 Å². The molecule has 0 aliphatic carbocycles. The first kappa shape index (κ1) is 11.9. The molecule has 3 nitrogen and oxygen atoms in total. The fraction of sp³-hybridized carbons (Fsp3) is 0.364. The van der Waals surface area contributed by atoms with Crippen molar-refractivity contribution in [2.75, 3.05) is 14.2 Å². The van der Waals surface area contributed by atoms with Gasteiger partial charge in [0.2, 0.25) is 0 Å². The van der Waals surface area contributed by atoms with Gasteiger partial charge >= 0.3 is 5.97 Å². The van der Waals surface area contributed by atoms with Gasteiger partial charge < -0.3 is 9.47 Å². The van der Waals surface area contributed by atoms with Gasteiger partial charge in [-0.1, -0.05) is 11.6 Å². The molecule has 0 aliphatic rings. The average Bonchev–Trinajstić information content (AvgIpc) is 2.22. The number of aryl methyl sites for hydroxylation is 1. The van der Waals surface area contributed by atoms with E-state index in [1.165, 1.54) is 7.11 Å². The molecule has 0 fully saturated rings. The normalized spacial score (nSPS) is 9.87. The second-order valence-corrected chi connectivity index (χ2v) is 3.57. The Morgan fingerprint density at radius 3 is 2.60 bits per heavy atom. The van der Waals surface area contributed by atoms with Gasteiger partial charge in [0.05, 0.1) is 25.7 Å². The molecule has 0 bridgehead atoms. The number of hydrogen-bond donors (Lipinski definition) is 0. The van der Waals surface area contributed by atoms with Crippen LogP contribution in [0.25, 0.3) is 0 Å². The second-order valence-electron chi connectivity index (χ2n) is 3.17. The van der Waals surface area contributed by atoms with E-state index in [4.69, 9.17) is 16.3 Å². The summed E-state index contributed by atoms with van der Waals surface area (Å²) in [5, 5.41) is 0.502. The maximum Gasteiger partial charge on any atom is 0.309 e. The molecule has 15 heavy (non-hydrogen) atoms. The molecule has 0 spiro atoms. The van der Waals surface area contributed by atoms with Crippen molar-refractivity contribution in [1.29, 1.82) is 0 Å². The molecule has 1 aromatic carbocycles. The van der Waals surface area contributed by atoms with Crippen LogP contribution in [-0.4, -0.2) is 20.2 Å². The van der Waals surface area contributed by atoms with Crippen molar-refractivity contribution in [2.24, 2.45) is 0 Å². The molecule has 0 aromatic heterocycles. The maximum absolute atomic E-state index is 11.1. The lowest BCUT2D eigenvalue weighted by molar-refractivity contribution is -0.139. The number of benzene rings is 1. The molecule has 0 N–H and O–H groups in total. The van der Waals surface area contributed by atoms with Crippen molar-refractivity contribution in [3.63, 3.8) is 0 Å². The summed E-state index contributed by atoms with van der Waals surface area (Å²) < 4.78 is 9.66. The number of rotatable bonds is 3. The quantitative estimate of drug-likeness (QED) is 0.746. The standard InChI is InChI=1S/C11H13ClO3/c1-7-4-10(14-2)9(12)5-8(7)6-11(13)15-3/h4-5H,6H2,1-3H3. The fourth-order valence-corrected chi connectivity index (χ4v) is 1.53. The van der Waals surface area contributed by atoms with E-state index in [2.05, 4.69) is 4.74 Å². The summed E-state index contributed by atoms with van der Waals surface area (Å²) in [7, 11) is 2.92. The number of hydrogen-bond acceptors (Lipinski definition) is 3. The SMILES string of the molecule is COC(=O)Cc1cc(Cl)c(OC)cc1C. The molecular formula is C11H13ClO3. The molecule has 0 radical (unpaired) electrons. The minimum absolute atomic E-state index is 0.228. The van der Waals surface area contributed by atoms with E-state index >= 15 is 0 Å². The molecule has 0 unspecified atom stereocenters. The highest BCUT2D eigenvalue weighted by Gasteiger charge is 2.09. The Bertz CT molecular complexity index is 374. The summed E-state index contributed by atoms with van der Waals surface area (Å²) in [5.74, 6) is 0.335. The Hall–Kier alpha value is -1.22. The lowest BCUT2D eigenvalue weighted by Gasteiger charge is -2.09. The van der Waals surface area contributed by atoms with Crippen LogP contribution in [0.3, 0.4) is 0 Å². The molecule has 1 aromatic rings. The maximum atomic E-state index is 11.1. The molecule has 0 heterocycles. The molecule has 0 atom stereocenters. The van der Waals surface area contributed by atoms with Crippen LogP contribution in [-0.2, 0) is 16.0 Å². The Kier molecular flexibility index (Phi) is 3.97. The summed E-state index contributed by atoms with van der Waals surface area (Å²) in [6.45, 7) is 1.90. The van der Waals surface area contributed by atoms with Crippen molar-refractivity contribution in [1.82, 2.24) is 0 Å². The number of methoxy groups -OCH3 is 2. The summed E-state index contributed by atoms with van der Waals surface area (Å²) >= 11 is 5.95. The van der Waals surface area contributed by atoms with Crippen molar-refractivity contribution < 1.29 is 14.3 Å². The Morgan fingerprint density at radius 2 is 2.07 bits per heavy atom. The summed E-state index contributed by atoms with van der Waals surface area (Å²) in [6, 6.07) is 3.53. The number of carbonyl (C=O) groups excluding carboxylic acids is 1. The molecular weight excluding hydrogens is 216 g/mol. The van der Waals surface area contributed by atoms with Gasteiger partial charge in [0, 0.05) is 0 Å². The molecule has 0 saturated carbocycles. The Morgan fingerprint density at radius 1 is 1.40 bits per heavy atom. The van der Waals surface area contributed by atoms with Gasteiger partial charge in [0.15, 0.2) is 0 Å². The van der Waals surface area contributed by atoms with Crippen LogP contribution >= 0.6 is 11.6 Å². The van der Waals surface area contributed by atoms with Crippen LogP contribution in [0.15, 0.2) is 12.1 Å². The fourth-order valence-electron chi connectivity index (χ4n) is 1.27. The topological polar surface area (TPSA) is 35.5 Å². The zero-order valence-corrected chi connectivity index (χ0v) is 9.72. The van der Waals surface area contributed by atoms with Gasteiger partial charge in [-0.05, 0) is 30.2 Å². The van der Waals surface area contributed by atoms with Crippen LogP contribution in [0.5, 0.6) is 5.75 Å². The average molecular weight is 229 g/mol. The van der Waals surface area contributed by atoms with Crippen LogP contribution < -0.4 is 4.74 Å². The Labute approximate surface area is 93.9 Å². The first-order valence-electron chi connectivity index (χ1n) is 4.48. The monoisotopic (exact) mass is 228 g/mol. The lowest BCUT2D eigenvalue weighted by Crippen LogP contribution is -2.06. The molecule has 0 aliphatic heterocycles. The van der Waals surface area contributed by atoms with Gasteiger partial charge in [-0.25, -0.2) is 0 Å². The molecule has 0 saturated heterocycles. The molecule has 0 amide bonds. The van der Waals surface area contributed by atoms with Gasteiger partial charge in [0.25, 0.3) is 0 Å². The van der Waals surface area contributed by atoms with Crippen LogP contribution in [0.2, 0.25) is 5.02 Å².